The maximum atomic E-state index is 11.0. The highest BCUT2D eigenvalue weighted by atomic mass is 16.1. The number of rotatable bonds is 4. The minimum atomic E-state index is -0.450. The molecule has 1 atom stereocenters. The molecule has 1 aromatic carbocycles. The lowest BCUT2D eigenvalue weighted by molar-refractivity contribution is 0.100. The van der Waals surface area contributed by atoms with Gasteiger partial charge in [-0.3, -0.25) is 4.79 Å². The normalized spacial score (nSPS) is 16.8. The molecule has 0 radical (unpaired) electrons. The van der Waals surface area contributed by atoms with Crippen LogP contribution in [0.3, 0.4) is 0 Å². The standard InChI is InChI=1S/C12H17N3O/c1-7(8-2-3-8)15-11-5-4-9(12(14)16)6-10(11)13/h4-8,15H,2-3,13H2,1H3,(H2,14,16). The van der Waals surface area contributed by atoms with Crippen LogP contribution in [-0.4, -0.2) is 11.9 Å². The number of hydrogen-bond acceptors (Lipinski definition) is 3. The summed E-state index contributed by atoms with van der Waals surface area (Å²) in [6, 6.07) is 5.56. The molecule has 0 heterocycles. The van der Waals surface area contributed by atoms with E-state index >= 15 is 0 Å². The van der Waals surface area contributed by atoms with Crippen LogP contribution in [0.25, 0.3) is 0 Å². The number of hydrogen-bond donors (Lipinski definition) is 3. The monoisotopic (exact) mass is 219 g/mol. The summed E-state index contributed by atoms with van der Waals surface area (Å²) in [4.78, 5) is 11.0. The number of nitrogens with two attached hydrogens (primary N) is 2. The summed E-state index contributed by atoms with van der Waals surface area (Å²) < 4.78 is 0. The van der Waals surface area contributed by atoms with Gasteiger partial charge >= 0.3 is 0 Å². The van der Waals surface area contributed by atoms with Crippen LogP contribution in [-0.2, 0) is 0 Å². The van der Waals surface area contributed by atoms with Crippen molar-refractivity contribution in [2.24, 2.45) is 11.7 Å². The number of primary amides is 1. The topological polar surface area (TPSA) is 81.1 Å². The van der Waals surface area contributed by atoms with E-state index in [4.69, 9.17) is 11.5 Å². The van der Waals surface area contributed by atoms with Crippen molar-refractivity contribution in [3.63, 3.8) is 0 Å². The van der Waals surface area contributed by atoms with Gasteiger partial charge in [-0.1, -0.05) is 0 Å². The zero-order valence-electron chi connectivity index (χ0n) is 9.36. The third-order valence-corrected chi connectivity index (χ3v) is 3.05. The maximum absolute atomic E-state index is 11.0. The molecule has 1 fully saturated rings. The van der Waals surface area contributed by atoms with Crippen LogP contribution >= 0.6 is 0 Å². The zero-order chi connectivity index (χ0) is 11.7. The fraction of sp³-hybridized carbons (Fsp3) is 0.417. The lowest BCUT2D eigenvalue weighted by Gasteiger charge is -2.16. The van der Waals surface area contributed by atoms with Crippen molar-refractivity contribution in [3.8, 4) is 0 Å². The van der Waals surface area contributed by atoms with Crippen molar-refractivity contribution in [3.05, 3.63) is 23.8 Å². The van der Waals surface area contributed by atoms with Crippen LogP contribution in [0.2, 0.25) is 0 Å². The largest absolute Gasteiger partial charge is 0.397 e. The Morgan fingerprint density at radius 2 is 2.19 bits per heavy atom. The highest BCUT2D eigenvalue weighted by Crippen LogP contribution is 2.34. The van der Waals surface area contributed by atoms with E-state index in [1.54, 1.807) is 12.1 Å². The average molecular weight is 219 g/mol. The van der Waals surface area contributed by atoms with Gasteiger partial charge in [0, 0.05) is 11.6 Å². The molecule has 2 rings (SSSR count). The number of benzene rings is 1. The van der Waals surface area contributed by atoms with Crippen molar-refractivity contribution >= 4 is 17.3 Å². The number of nitrogen functional groups attached to an aromatic ring is 1. The summed E-state index contributed by atoms with van der Waals surface area (Å²) in [6.45, 7) is 2.15. The van der Waals surface area contributed by atoms with Crippen LogP contribution in [0.15, 0.2) is 18.2 Å². The van der Waals surface area contributed by atoms with E-state index < -0.39 is 5.91 Å². The molecular weight excluding hydrogens is 202 g/mol. The van der Waals surface area contributed by atoms with E-state index in [1.165, 1.54) is 12.8 Å². The molecule has 5 N–H and O–H groups in total. The first-order valence-electron chi connectivity index (χ1n) is 5.54. The number of amides is 1. The van der Waals surface area contributed by atoms with Crippen LogP contribution in [0, 0.1) is 5.92 Å². The van der Waals surface area contributed by atoms with Gasteiger partial charge in [-0.2, -0.15) is 0 Å². The Balaban J connectivity index is 2.12. The second-order valence-electron chi connectivity index (χ2n) is 4.44. The molecule has 1 unspecified atom stereocenters. The van der Waals surface area contributed by atoms with Crippen LogP contribution < -0.4 is 16.8 Å². The van der Waals surface area contributed by atoms with Crippen molar-refractivity contribution in [2.45, 2.75) is 25.8 Å². The summed E-state index contributed by atoms with van der Waals surface area (Å²) >= 11 is 0. The van der Waals surface area contributed by atoms with Crippen LogP contribution in [0.1, 0.15) is 30.1 Å². The predicted octanol–water partition coefficient (Wildman–Crippen LogP) is 1.58. The smallest absolute Gasteiger partial charge is 0.248 e. The molecule has 1 aliphatic carbocycles. The van der Waals surface area contributed by atoms with Crippen molar-refractivity contribution < 1.29 is 4.79 Å². The molecule has 86 valence electrons. The summed E-state index contributed by atoms with van der Waals surface area (Å²) in [5.41, 5.74) is 12.9. The van der Waals surface area contributed by atoms with Crippen molar-refractivity contribution in [1.82, 2.24) is 0 Å². The Bertz CT molecular complexity index is 413. The van der Waals surface area contributed by atoms with Gasteiger partial charge in [0.15, 0.2) is 0 Å². The molecule has 1 saturated carbocycles. The number of nitrogens with one attached hydrogen (secondary N) is 1. The lowest BCUT2D eigenvalue weighted by Crippen LogP contribution is -2.18. The number of anilines is 2. The molecular formula is C12H17N3O. The molecule has 1 amide bonds. The summed E-state index contributed by atoms with van der Waals surface area (Å²) in [5.74, 6) is 0.309. The average Bonchev–Trinajstić information content (AvgIpc) is 3.03. The highest BCUT2D eigenvalue weighted by molar-refractivity contribution is 5.94. The fourth-order valence-electron chi connectivity index (χ4n) is 1.81. The van der Waals surface area contributed by atoms with E-state index in [0.717, 1.165) is 11.6 Å². The van der Waals surface area contributed by atoms with E-state index in [1.807, 2.05) is 6.07 Å². The third kappa shape index (κ3) is 2.27. The van der Waals surface area contributed by atoms with Gasteiger partial charge in [-0.05, 0) is 43.9 Å². The Kier molecular flexibility index (Phi) is 2.73. The summed E-state index contributed by atoms with van der Waals surface area (Å²) in [5, 5.41) is 3.36. The van der Waals surface area contributed by atoms with Gasteiger partial charge in [0.25, 0.3) is 0 Å². The fourth-order valence-corrected chi connectivity index (χ4v) is 1.81. The van der Waals surface area contributed by atoms with Gasteiger partial charge < -0.3 is 16.8 Å². The molecule has 1 aliphatic rings. The Morgan fingerprint density at radius 1 is 1.50 bits per heavy atom. The van der Waals surface area contributed by atoms with Crippen molar-refractivity contribution in [1.29, 1.82) is 0 Å². The van der Waals surface area contributed by atoms with Crippen LogP contribution in [0.5, 0.6) is 0 Å². The van der Waals surface area contributed by atoms with Gasteiger partial charge in [0.1, 0.15) is 0 Å². The maximum Gasteiger partial charge on any atom is 0.248 e. The van der Waals surface area contributed by atoms with E-state index in [-0.39, 0.29) is 0 Å². The minimum absolute atomic E-state index is 0.432. The second kappa shape index (κ2) is 4.04. The third-order valence-electron chi connectivity index (χ3n) is 3.05. The highest BCUT2D eigenvalue weighted by Gasteiger charge is 2.28. The molecule has 4 heteroatoms. The van der Waals surface area contributed by atoms with E-state index in [9.17, 15) is 4.79 Å². The van der Waals surface area contributed by atoms with Gasteiger partial charge in [-0.15, -0.1) is 0 Å². The quantitative estimate of drug-likeness (QED) is 0.672. The van der Waals surface area contributed by atoms with Gasteiger partial charge in [0.2, 0.25) is 5.91 Å². The van der Waals surface area contributed by atoms with Gasteiger partial charge in [0.05, 0.1) is 11.4 Å². The molecule has 0 saturated heterocycles. The molecule has 0 spiro atoms. The Morgan fingerprint density at radius 3 is 2.69 bits per heavy atom. The molecule has 0 aromatic heterocycles. The second-order valence-corrected chi connectivity index (χ2v) is 4.44. The lowest BCUT2D eigenvalue weighted by atomic mass is 10.1. The summed E-state index contributed by atoms with van der Waals surface area (Å²) in [6.07, 6.45) is 2.57. The summed E-state index contributed by atoms with van der Waals surface area (Å²) in [7, 11) is 0. The Labute approximate surface area is 95.0 Å². The predicted molar refractivity (Wildman–Crippen MR) is 65.2 cm³/mol. The molecule has 4 nitrogen and oxygen atoms in total. The SMILES string of the molecule is CC(Nc1ccc(C(N)=O)cc1N)C1CC1. The Hall–Kier alpha value is -1.71. The number of carbonyl (C=O) groups excluding carboxylic acids is 1. The number of carbonyl (C=O) groups is 1. The molecule has 16 heavy (non-hydrogen) atoms. The first-order chi connectivity index (χ1) is 7.58. The first-order valence-corrected chi connectivity index (χ1v) is 5.54. The van der Waals surface area contributed by atoms with Crippen LogP contribution in [0.4, 0.5) is 11.4 Å². The first kappa shape index (κ1) is 10.8. The van der Waals surface area contributed by atoms with E-state index in [0.29, 0.717) is 17.3 Å². The molecule has 0 aliphatic heterocycles. The zero-order valence-corrected chi connectivity index (χ0v) is 9.36. The molecule has 1 aromatic rings. The van der Waals surface area contributed by atoms with E-state index in [2.05, 4.69) is 12.2 Å². The molecule has 0 bridgehead atoms. The van der Waals surface area contributed by atoms with Gasteiger partial charge in [-0.25, -0.2) is 0 Å². The minimum Gasteiger partial charge on any atom is -0.397 e. The van der Waals surface area contributed by atoms with Crippen molar-refractivity contribution in [2.75, 3.05) is 11.1 Å².